The van der Waals surface area contributed by atoms with E-state index >= 15 is 0 Å². The molecule has 0 bridgehead atoms. The lowest BCUT2D eigenvalue weighted by atomic mass is 10.1. The summed E-state index contributed by atoms with van der Waals surface area (Å²) in [4.78, 5) is 26.4. The molecule has 0 saturated carbocycles. The van der Waals surface area contributed by atoms with Crippen molar-refractivity contribution in [2.24, 2.45) is 0 Å². The van der Waals surface area contributed by atoms with E-state index in [9.17, 15) is 9.59 Å². The molecule has 3 rings (SSSR count). The number of nitrogens with zero attached hydrogens (tertiary/aromatic N) is 1. The van der Waals surface area contributed by atoms with Crippen molar-refractivity contribution < 1.29 is 9.59 Å². The Morgan fingerprint density at radius 3 is 2.44 bits per heavy atom. The predicted octanol–water partition coefficient (Wildman–Crippen LogP) is 3.44. The molecule has 25 heavy (non-hydrogen) atoms. The van der Waals surface area contributed by atoms with Gasteiger partial charge >= 0.3 is 0 Å². The lowest BCUT2D eigenvalue weighted by Gasteiger charge is -2.28. The van der Waals surface area contributed by atoms with Gasteiger partial charge in [-0.1, -0.05) is 60.7 Å². The van der Waals surface area contributed by atoms with E-state index in [0.717, 1.165) is 16.8 Å². The number of benzene rings is 2. The molecule has 1 N–H and O–H groups in total. The van der Waals surface area contributed by atoms with Crippen molar-refractivity contribution in [2.75, 3.05) is 12.3 Å². The van der Waals surface area contributed by atoms with Crippen molar-refractivity contribution in [1.82, 2.24) is 10.2 Å². The Balaban J connectivity index is 1.71. The summed E-state index contributed by atoms with van der Waals surface area (Å²) in [6.07, 6.45) is 0. The first-order chi connectivity index (χ1) is 12.1. The van der Waals surface area contributed by atoms with E-state index in [1.165, 1.54) is 11.8 Å². The standard InChI is InChI=1S/C20H20N2O2S/c1-15(16-8-4-2-5-9-16)21-19(23)12-22-18(13-25-14-20(22)24)17-10-6-3-7-11-17/h2-11,13,15H,12,14H2,1H3,(H,21,23). The SMILES string of the molecule is CC(NC(=O)CN1C(=O)CSC=C1c1ccccc1)c1ccccc1. The highest BCUT2D eigenvalue weighted by molar-refractivity contribution is 8.03. The smallest absolute Gasteiger partial charge is 0.240 e. The number of carbonyl (C=O) groups is 2. The average molecular weight is 352 g/mol. The zero-order valence-electron chi connectivity index (χ0n) is 14.0. The first kappa shape index (κ1) is 17.3. The molecule has 128 valence electrons. The Morgan fingerprint density at radius 2 is 1.76 bits per heavy atom. The number of carbonyl (C=O) groups excluding carboxylic acids is 2. The van der Waals surface area contributed by atoms with Gasteiger partial charge in [-0.25, -0.2) is 0 Å². The third kappa shape index (κ3) is 4.31. The Labute approximate surface area is 151 Å². The van der Waals surface area contributed by atoms with Gasteiger partial charge in [-0.3, -0.25) is 9.59 Å². The maximum Gasteiger partial charge on any atom is 0.240 e. The highest BCUT2D eigenvalue weighted by atomic mass is 32.2. The lowest BCUT2D eigenvalue weighted by molar-refractivity contribution is -0.131. The maximum atomic E-state index is 12.5. The molecule has 1 atom stereocenters. The fraction of sp³-hybridized carbons (Fsp3) is 0.200. The van der Waals surface area contributed by atoms with Crippen molar-refractivity contribution in [2.45, 2.75) is 13.0 Å². The van der Waals surface area contributed by atoms with Gasteiger partial charge in [0.2, 0.25) is 11.8 Å². The van der Waals surface area contributed by atoms with E-state index in [4.69, 9.17) is 0 Å². The van der Waals surface area contributed by atoms with Gasteiger partial charge in [-0.2, -0.15) is 0 Å². The number of hydrogen-bond acceptors (Lipinski definition) is 3. The summed E-state index contributed by atoms with van der Waals surface area (Å²) in [5.74, 6) is 0.144. The van der Waals surface area contributed by atoms with Crippen molar-refractivity contribution in [3.63, 3.8) is 0 Å². The molecule has 1 unspecified atom stereocenters. The van der Waals surface area contributed by atoms with Gasteiger partial charge < -0.3 is 10.2 Å². The molecule has 0 radical (unpaired) electrons. The Kier molecular flexibility index (Phi) is 5.56. The predicted molar refractivity (Wildman–Crippen MR) is 102 cm³/mol. The van der Waals surface area contributed by atoms with Crippen molar-refractivity contribution >= 4 is 29.3 Å². The molecule has 2 amide bonds. The molecule has 0 saturated heterocycles. The minimum absolute atomic E-state index is 0.0251. The molecular formula is C20H20N2O2S. The normalized spacial score (nSPS) is 15.5. The summed E-state index contributed by atoms with van der Waals surface area (Å²) < 4.78 is 0. The van der Waals surface area contributed by atoms with Gasteiger partial charge in [0.25, 0.3) is 0 Å². The van der Waals surface area contributed by atoms with Gasteiger partial charge in [-0.15, -0.1) is 11.8 Å². The molecule has 2 aromatic rings. The zero-order chi connectivity index (χ0) is 17.6. The van der Waals surface area contributed by atoms with Gasteiger partial charge in [0.05, 0.1) is 17.5 Å². The molecule has 0 fully saturated rings. The second-order valence-electron chi connectivity index (χ2n) is 5.86. The summed E-state index contributed by atoms with van der Waals surface area (Å²) in [7, 11) is 0. The topological polar surface area (TPSA) is 49.4 Å². The molecule has 2 aromatic carbocycles. The third-order valence-electron chi connectivity index (χ3n) is 4.04. The number of thioether (sulfide) groups is 1. The van der Waals surface area contributed by atoms with Crippen LogP contribution in [0.4, 0.5) is 0 Å². The fourth-order valence-corrected chi connectivity index (χ4v) is 3.53. The highest BCUT2D eigenvalue weighted by Crippen LogP contribution is 2.27. The molecule has 1 heterocycles. The van der Waals surface area contributed by atoms with Gasteiger partial charge in [0.15, 0.2) is 0 Å². The summed E-state index contributed by atoms with van der Waals surface area (Å²) in [5, 5.41) is 4.92. The molecule has 1 aliphatic heterocycles. The van der Waals surface area contributed by atoms with Gasteiger partial charge in [0.1, 0.15) is 6.54 Å². The van der Waals surface area contributed by atoms with Crippen LogP contribution >= 0.6 is 11.8 Å². The van der Waals surface area contributed by atoms with Gasteiger partial charge in [-0.05, 0) is 23.5 Å². The number of hydrogen-bond donors (Lipinski definition) is 1. The van der Waals surface area contributed by atoms with E-state index in [2.05, 4.69) is 5.32 Å². The summed E-state index contributed by atoms with van der Waals surface area (Å²) in [5.41, 5.74) is 2.76. The average Bonchev–Trinajstić information content (AvgIpc) is 2.65. The molecule has 5 heteroatoms. The quantitative estimate of drug-likeness (QED) is 0.897. The summed E-state index contributed by atoms with van der Waals surface area (Å²) >= 11 is 1.46. The van der Waals surface area contributed by atoms with Crippen LogP contribution in [-0.2, 0) is 9.59 Å². The van der Waals surface area contributed by atoms with Crippen molar-refractivity contribution in [3.8, 4) is 0 Å². The molecule has 0 aromatic heterocycles. The van der Waals surface area contributed by atoms with Crippen LogP contribution in [0.15, 0.2) is 66.1 Å². The van der Waals surface area contributed by atoms with E-state index in [1.807, 2.05) is 73.0 Å². The zero-order valence-corrected chi connectivity index (χ0v) is 14.8. The molecule has 0 spiro atoms. The lowest BCUT2D eigenvalue weighted by Crippen LogP contribution is -2.42. The highest BCUT2D eigenvalue weighted by Gasteiger charge is 2.25. The summed E-state index contributed by atoms with van der Waals surface area (Å²) in [6.45, 7) is 1.96. The largest absolute Gasteiger partial charge is 0.348 e. The monoisotopic (exact) mass is 352 g/mol. The Hall–Kier alpha value is -2.53. The van der Waals surface area contributed by atoms with Gasteiger partial charge in [0, 0.05) is 0 Å². The van der Waals surface area contributed by atoms with Crippen LogP contribution in [0.3, 0.4) is 0 Å². The molecule has 4 nitrogen and oxygen atoms in total. The third-order valence-corrected chi connectivity index (χ3v) is 4.85. The van der Waals surface area contributed by atoms with Crippen LogP contribution < -0.4 is 5.32 Å². The molecule has 0 aliphatic carbocycles. The summed E-state index contributed by atoms with van der Waals surface area (Å²) in [6, 6.07) is 19.4. The number of nitrogens with one attached hydrogen (secondary N) is 1. The second-order valence-corrected chi connectivity index (χ2v) is 6.72. The minimum Gasteiger partial charge on any atom is -0.348 e. The van der Waals surface area contributed by atoms with E-state index in [1.54, 1.807) is 4.90 Å². The van der Waals surface area contributed by atoms with Crippen LogP contribution in [0.5, 0.6) is 0 Å². The number of amides is 2. The van der Waals surface area contributed by atoms with Crippen molar-refractivity contribution in [1.29, 1.82) is 0 Å². The van der Waals surface area contributed by atoms with Crippen LogP contribution in [0, 0.1) is 0 Å². The fourth-order valence-electron chi connectivity index (χ4n) is 2.73. The van der Waals surface area contributed by atoms with Crippen LogP contribution in [-0.4, -0.2) is 29.0 Å². The van der Waals surface area contributed by atoms with E-state index in [-0.39, 0.29) is 24.4 Å². The molecular weight excluding hydrogens is 332 g/mol. The maximum absolute atomic E-state index is 12.5. The number of rotatable bonds is 5. The first-order valence-corrected chi connectivity index (χ1v) is 9.22. The van der Waals surface area contributed by atoms with Crippen molar-refractivity contribution in [3.05, 3.63) is 77.2 Å². The first-order valence-electron chi connectivity index (χ1n) is 8.17. The Bertz CT molecular complexity index is 775. The van der Waals surface area contributed by atoms with Crippen LogP contribution in [0.25, 0.3) is 5.70 Å². The minimum atomic E-state index is -0.168. The molecule has 1 aliphatic rings. The second kappa shape index (κ2) is 8.03. The van der Waals surface area contributed by atoms with Crippen LogP contribution in [0.1, 0.15) is 24.1 Å². The van der Waals surface area contributed by atoms with E-state index < -0.39 is 0 Å². The Morgan fingerprint density at radius 1 is 1.12 bits per heavy atom. The van der Waals surface area contributed by atoms with Crippen LogP contribution in [0.2, 0.25) is 0 Å². The van der Waals surface area contributed by atoms with E-state index in [0.29, 0.717) is 5.75 Å².